The number of amides is 1. The van der Waals surface area contributed by atoms with Crippen LogP contribution >= 0.6 is 0 Å². The first-order valence-electron chi connectivity index (χ1n) is 9.32. The number of rotatable bonds is 4. The predicted molar refractivity (Wildman–Crippen MR) is 104 cm³/mol. The minimum absolute atomic E-state index is 0.0727. The first-order valence-corrected chi connectivity index (χ1v) is 9.32. The van der Waals surface area contributed by atoms with Crippen LogP contribution in [0.25, 0.3) is 5.65 Å². The highest BCUT2D eigenvalue weighted by Gasteiger charge is 2.19. The molecular weight excluding hydrogens is 340 g/mol. The fourth-order valence-corrected chi connectivity index (χ4v) is 3.37. The Morgan fingerprint density at radius 1 is 1.11 bits per heavy atom. The number of pyridine rings is 1. The number of nitrogens with zero attached hydrogens (tertiary/aromatic N) is 4. The molecule has 0 saturated carbocycles. The number of aromatic nitrogens is 2. The summed E-state index contributed by atoms with van der Waals surface area (Å²) >= 11 is 0. The van der Waals surface area contributed by atoms with Gasteiger partial charge in [-0.05, 0) is 50.3 Å². The van der Waals surface area contributed by atoms with Gasteiger partial charge in [0.05, 0.1) is 5.69 Å². The molecule has 1 fully saturated rings. The molecule has 1 aliphatic heterocycles. The zero-order chi connectivity index (χ0) is 18.6. The summed E-state index contributed by atoms with van der Waals surface area (Å²) in [7, 11) is 2.10. The van der Waals surface area contributed by atoms with Crippen LogP contribution in [0, 0.1) is 0 Å². The first kappa shape index (κ1) is 17.5. The van der Waals surface area contributed by atoms with Gasteiger partial charge in [0.2, 0.25) is 0 Å². The number of likely N-dealkylation sites (N-methyl/N-ethyl adjacent to an activating group) is 1. The van der Waals surface area contributed by atoms with Crippen LogP contribution in [-0.4, -0.2) is 58.3 Å². The number of benzene rings is 1. The summed E-state index contributed by atoms with van der Waals surface area (Å²) in [6.45, 7) is 3.88. The largest absolute Gasteiger partial charge is 0.487 e. The first-order chi connectivity index (χ1) is 13.2. The molecule has 0 bridgehead atoms. The van der Waals surface area contributed by atoms with Crippen LogP contribution in [0.15, 0.2) is 54.9 Å². The Balaban J connectivity index is 1.43. The molecule has 3 heterocycles. The molecule has 27 heavy (non-hydrogen) atoms. The number of fused-ring (bicyclic) bond motifs is 1. The minimum Gasteiger partial charge on any atom is -0.487 e. The van der Waals surface area contributed by atoms with Crippen LogP contribution in [0.4, 0.5) is 0 Å². The monoisotopic (exact) mass is 364 g/mol. The molecule has 6 nitrogen and oxygen atoms in total. The van der Waals surface area contributed by atoms with E-state index in [0.717, 1.165) is 43.9 Å². The van der Waals surface area contributed by atoms with Gasteiger partial charge < -0.3 is 18.9 Å². The fraction of sp³-hybridized carbons (Fsp3) is 0.333. The molecule has 6 heteroatoms. The van der Waals surface area contributed by atoms with E-state index in [2.05, 4.69) is 16.9 Å². The van der Waals surface area contributed by atoms with Crippen molar-refractivity contribution in [1.29, 1.82) is 0 Å². The van der Waals surface area contributed by atoms with Gasteiger partial charge in [-0.1, -0.05) is 12.1 Å². The van der Waals surface area contributed by atoms with Gasteiger partial charge in [0.1, 0.15) is 18.0 Å². The lowest BCUT2D eigenvalue weighted by molar-refractivity contribution is 0.0762. The molecule has 3 aromatic rings. The lowest BCUT2D eigenvalue weighted by Crippen LogP contribution is -2.34. The molecule has 140 valence electrons. The summed E-state index contributed by atoms with van der Waals surface area (Å²) in [5, 5.41) is 0. The zero-order valence-corrected chi connectivity index (χ0v) is 15.5. The fourth-order valence-electron chi connectivity index (χ4n) is 3.37. The second-order valence-electron chi connectivity index (χ2n) is 6.96. The highest BCUT2D eigenvalue weighted by molar-refractivity contribution is 5.94. The Morgan fingerprint density at radius 3 is 2.93 bits per heavy atom. The van der Waals surface area contributed by atoms with Crippen LogP contribution in [0.3, 0.4) is 0 Å². The van der Waals surface area contributed by atoms with Crippen molar-refractivity contribution in [2.24, 2.45) is 0 Å². The van der Waals surface area contributed by atoms with Crippen molar-refractivity contribution in [2.45, 2.75) is 13.0 Å². The summed E-state index contributed by atoms with van der Waals surface area (Å²) in [6, 6.07) is 13.3. The molecule has 4 rings (SSSR count). The molecule has 1 aliphatic rings. The van der Waals surface area contributed by atoms with E-state index in [1.54, 1.807) is 0 Å². The van der Waals surface area contributed by atoms with Crippen molar-refractivity contribution in [3.63, 3.8) is 0 Å². The quantitative estimate of drug-likeness (QED) is 0.714. The standard InChI is InChI=1S/C21H24N4O2/c1-23-9-5-11-24(13-12-23)21(26)17-6-4-7-19(14-17)27-16-18-15-25-10-3-2-8-20(25)22-18/h2-4,6-8,10,14-15H,5,9,11-13,16H2,1H3. The van der Waals surface area contributed by atoms with Gasteiger partial charge in [-0.25, -0.2) is 4.98 Å². The van der Waals surface area contributed by atoms with Crippen molar-refractivity contribution in [2.75, 3.05) is 33.2 Å². The van der Waals surface area contributed by atoms with Crippen LogP contribution in [0.1, 0.15) is 22.5 Å². The molecule has 0 unspecified atom stereocenters. The highest BCUT2D eigenvalue weighted by Crippen LogP contribution is 2.17. The van der Waals surface area contributed by atoms with E-state index in [1.807, 2.05) is 64.2 Å². The van der Waals surface area contributed by atoms with Crippen molar-refractivity contribution in [3.05, 3.63) is 66.1 Å². The van der Waals surface area contributed by atoms with Crippen molar-refractivity contribution >= 4 is 11.6 Å². The Bertz CT molecular complexity index is 904. The molecular formula is C21H24N4O2. The normalized spacial score (nSPS) is 15.7. The van der Waals surface area contributed by atoms with E-state index in [9.17, 15) is 4.79 Å². The highest BCUT2D eigenvalue weighted by atomic mass is 16.5. The van der Waals surface area contributed by atoms with Crippen molar-refractivity contribution in [3.8, 4) is 5.75 Å². The van der Waals surface area contributed by atoms with E-state index in [1.165, 1.54) is 0 Å². The number of ether oxygens (including phenoxy) is 1. The van der Waals surface area contributed by atoms with Gasteiger partial charge in [-0.2, -0.15) is 0 Å². The zero-order valence-electron chi connectivity index (χ0n) is 15.5. The van der Waals surface area contributed by atoms with Gasteiger partial charge in [-0.3, -0.25) is 4.79 Å². The van der Waals surface area contributed by atoms with E-state index in [-0.39, 0.29) is 5.91 Å². The van der Waals surface area contributed by atoms with Gasteiger partial charge in [0.25, 0.3) is 5.91 Å². The third-order valence-electron chi connectivity index (χ3n) is 4.89. The van der Waals surface area contributed by atoms with Gasteiger partial charge in [0.15, 0.2) is 0 Å². The second kappa shape index (κ2) is 7.80. The number of carbonyl (C=O) groups is 1. The Hall–Kier alpha value is -2.86. The van der Waals surface area contributed by atoms with Crippen molar-refractivity contribution < 1.29 is 9.53 Å². The summed E-state index contributed by atoms with van der Waals surface area (Å²) in [5.74, 6) is 0.758. The Morgan fingerprint density at radius 2 is 2.04 bits per heavy atom. The molecule has 1 amide bonds. The molecule has 0 spiro atoms. The number of hydrogen-bond donors (Lipinski definition) is 0. The van der Waals surface area contributed by atoms with Crippen LogP contribution < -0.4 is 4.74 Å². The average Bonchev–Trinajstić information content (AvgIpc) is 2.99. The third-order valence-corrected chi connectivity index (χ3v) is 4.89. The van der Waals surface area contributed by atoms with Gasteiger partial charge >= 0.3 is 0 Å². The van der Waals surface area contributed by atoms with Crippen molar-refractivity contribution in [1.82, 2.24) is 19.2 Å². The topological polar surface area (TPSA) is 50.1 Å². The SMILES string of the molecule is CN1CCCN(C(=O)c2cccc(OCc3cn4ccccc4n3)c2)CC1. The summed E-state index contributed by atoms with van der Waals surface area (Å²) in [6.07, 6.45) is 4.92. The van der Waals surface area contributed by atoms with E-state index in [4.69, 9.17) is 4.74 Å². The summed E-state index contributed by atoms with van der Waals surface area (Å²) in [4.78, 5) is 21.6. The second-order valence-corrected chi connectivity index (χ2v) is 6.96. The van der Waals surface area contributed by atoms with Crippen LogP contribution in [0.5, 0.6) is 5.75 Å². The average molecular weight is 364 g/mol. The number of hydrogen-bond acceptors (Lipinski definition) is 4. The molecule has 1 saturated heterocycles. The molecule has 0 atom stereocenters. The van der Waals surface area contributed by atoms with Gasteiger partial charge in [-0.15, -0.1) is 0 Å². The summed E-state index contributed by atoms with van der Waals surface area (Å²) in [5.41, 5.74) is 2.42. The Labute approximate surface area is 159 Å². The van der Waals surface area contributed by atoms with E-state index >= 15 is 0 Å². The third kappa shape index (κ3) is 4.11. The molecule has 1 aromatic carbocycles. The predicted octanol–water partition coefficient (Wildman–Crippen LogP) is 2.69. The van der Waals surface area contributed by atoms with E-state index in [0.29, 0.717) is 17.9 Å². The summed E-state index contributed by atoms with van der Waals surface area (Å²) < 4.78 is 7.85. The minimum atomic E-state index is 0.0727. The maximum absolute atomic E-state index is 12.8. The number of carbonyl (C=O) groups excluding carboxylic acids is 1. The maximum Gasteiger partial charge on any atom is 0.254 e. The lowest BCUT2D eigenvalue weighted by atomic mass is 10.2. The maximum atomic E-state index is 12.8. The van der Waals surface area contributed by atoms with Crippen LogP contribution in [0.2, 0.25) is 0 Å². The molecule has 0 N–H and O–H groups in total. The molecule has 0 radical (unpaired) electrons. The Kier molecular flexibility index (Phi) is 5.07. The van der Waals surface area contributed by atoms with Crippen LogP contribution in [-0.2, 0) is 6.61 Å². The van der Waals surface area contributed by atoms with Gasteiger partial charge in [0, 0.05) is 37.6 Å². The molecule has 0 aliphatic carbocycles. The smallest absolute Gasteiger partial charge is 0.254 e. The number of imidazole rings is 1. The van der Waals surface area contributed by atoms with E-state index < -0.39 is 0 Å². The molecule has 2 aromatic heterocycles. The lowest BCUT2D eigenvalue weighted by Gasteiger charge is -2.20.